The van der Waals surface area contributed by atoms with Crippen LogP contribution in [-0.4, -0.2) is 44.7 Å². The molecule has 0 aliphatic carbocycles. The van der Waals surface area contributed by atoms with E-state index in [2.05, 4.69) is 69.1 Å². The fraction of sp³-hybridized carbons (Fsp3) is 0.278. The lowest BCUT2D eigenvalue weighted by Gasteiger charge is -2.22. The van der Waals surface area contributed by atoms with Crippen LogP contribution in [0.5, 0.6) is 0 Å². The van der Waals surface area contributed by atoms with Gasteiger partial charge in [-0.25, -0.2) is 4.98 Å². The van der Waals surface area contributed by atoms with Gasteiger partial charge in [-0.2, -0.15) is 5.10 Å². The first-order valence-corrected chi connectivity index (χ1v) is 9.03. The van der Waals surface area contributed by atoms with Gasteiger partial charge in [-0.1, -0.05) is 18.2 Å². The number of guanidine groups is 1. The molecule has 7 nitrogen and oxygen atoms in total. The van der Waals surface area contributed by atoms with Crippen LogP contribution in [0, 0.1) is 0 Å². The molecule has 2 aromatic heterocycles. The van der Waals surface area contributed by atoms with Gasteiger partial charge < -0.3 is 14.8 Å². The predicted molar refractivity (Wildman–Crippen MR) is 107 cm³/mol. The number of halogens is 1. The lowest BCUT2D eigenvalue weighted by Crippen LogP contribution is -2.38. The van der Waals surface area contributed by atoms with Gasteiger partial charge in [0.15, 0.2) is 11.8 Å². The molecule has 0 spiro atoms. The summed E-state index contributed by atoms with van der Waals surface area (Å²) in [5.41, 5.74) is 3.36. The second kappa shape index (κ2) is 8.18. The van der Waals surface area contributed by atoms with E-state index in [-0.39, 0.29) is 0 Å². The first-order valence-electron chi connectivity index (χ1n) is 8.24. The van der Waals surface area contributed by atoms with Crippen molar-refractivity contribution in [2.24, 2.45) is 12.0 Å². The van der Waals surface area contributed by atoms with Gasteiger partial charge in [0, 0.05) is 49.6 Å². The van der Waals surface area contributed by atoms with E-state index in [1.165, 1.54) is 12.0 Å². The van der Waals surface area contributed by atoms with Crippen molar-refractivity contribution in [1.29, 1.82) is 0 Å². The Morgan fingerprint density at radius 3 is 2.88 bits per heavy atom. The van der Waals surface area contributed by atoms with E-state index in [1.807, 2.05) is 32.4 Å². The molecule has 0 aliphatic heterocycles. The van der Waals surface area contributed by atoms with E-state index in [4.69, 9.17) is 0 Å². The number of rotatable bonds is 5. The first kappa shape index (κ1) is 18.2. The van der Waals surface area contributed by atoms with Crippen molar-refractivity contribution in [2.75, 3.05) is 14.1 Å². The maximum absolute atomic E-state index is 4.39. The molecule has 1 aromatic carbocycles. The molecule has 0 amide bonds. The Morgan fingerprint density at radius 1 is 1.38 bits per heavy atom. The second-order valence-corrected chi connectivity index (χ2v) is 6.97. The molecule has 26 heavy (non-hydrogen) atoms. The van der Waals surface area contributed by atoms with Crippen LogP contribution in [0.3, 0.4) is 0 Å². The zero-order valence-corrected chi connectivity index (χ0v) is 16.7. The molecule has 0 aliphatic rings. The summed E-state index contributed by atoms with van der Waals surface area (Å²) in [5, 5.41) is 10.2. The standard InChI is InChI=1S/C18H22BrN7/c1-20-18(26(3)11-16-8-15(19)10-25(16)2)21-9-13-5-4-6-14(7-13)17-22-12-23-24-17/h4-8,10,12H,9,11H2,1-3H3,(H,20,21)(H,22,23,24). The highest BCUT2D eigenvalue weighted by Gasteiger charge is 2.10. The minimum atomic E-state index is 0.676. The van der Waals surface area contributed by atoms with Gasteiger partial charge in [-0.15, -0.1) is 0 Å². The Balaban J connectivity index is 1.64. The third-order valence-corrected chi connectivity index (χ3v) is 4.55. The molecule has 2 N–H and O–H groups in total. The third kappa shape index (κ3) is 4.32. The van der Waals surface area contributed by atoms with Crippen molar-refractivity contribution in [3.05, 3.63) is 58.6 Å². The number of aryl methyl sites for hydroxylation is 1. The largest absolute Gasteiger partial charge is 0.352 e. The summed E-state index contributed by atoms with van der Waals surface area (Å²) >= 11 is 3.51. The van der Waals surface area contributed by atoms with Crippen LogP contribution in [0.2, 0.25) is 0 Å². The second-order valence-electron chi connectivity index (χ2n) is 6.05. The van der Waals surface area contributed by atoms with Crippen molar-refractivity contribution >= 4 is 21.9 Å². The first-order chi connectivity index (χ1) is 12.6. The summed E-state index contributed by atoms with van der Waals surface area (Å²) in [7, 11) is 5.87. The van der Waals surface area contributed by atoms with Crippen molar-refractivity contribution in [2.45, 2.75) is 13.1 Å². The summed E-state index contributed by atoms with van der Waals surface area (Å²) in [5.74, 6) is 1.61. The van der Waals surface area contributed by atoms with Gasteiger partial charge in [-0.3, -0.25) is 10.1 Å². The Labute approximate surface area is 161 Å². The van der Waals surface area contributed by atoms with Gasteiger partial charge in [0.25, 0.3) is 0 Å². The molecule has 136 valence electrons. The SMILES string of the molecule is CN=C(NCc1cccc(-c2ncn[nH]2)c1)N(C)Cc1cc(Br)cn1C. The molecule has 0 radical (unpaired) electrons. The predicted octanol–water partition coefficient (Wildman–Crippen LogP) is 2.78. The van der Waals surface area contributed by atoms with Crippen molar-refractivity contribution in [3.8, 4) is 11.4 Å². The van der Waals surface area contributed by atoms with Crippen LogP contribution in [-0.2, 0) is 20.1 Å². The van der Waals surface area contributed by atoms with E-state index in [0.29, 0.717) is 6.54 Å². The summed E-state index contributed by atoms with van der Waals surface area (Å²) < 4.78 is 3.19. The highest BCUT2D eigenvalue weighted by atomic mass is 79.9. The number of aromatic amines is 1. The van der Waals surface area contributed by atoms with E-state index >= 15 is 0 Å². The van der Waals surface area contributed by atoms with Gasteiger partial charge in [0.1, 0.15) is 6.33 Å². The molecule has 8 heteroatoms. The van der Waals surface area contributed by atoms with Gasteiger partial charge in [0.2, 0.25) is 0 Å². The van der Waals surface area contributed by atoms with Gasteiger partial charge in [-0.05, 0) is 33.6 Å². The Hall–Kier alpha value is -2.61. The summed E-state index contributed by atoms with van der Waals surface area (Å²) in [4.78, 5) is 10.7. The van der Waals surface area contributed by atoms with Crippen LogP contribution in [0.1, 0.15) is 11.3 Å². The van der Waals surface area contributed by atoms with Crippen LogP contribution in [0.25, 0.3) is 11.4 Å². The quantitative estimate of drug-likeness (QED) is 0.496. The Kier molecular flexibility index (Phi) is 5.72. The molecule has 0 atom stereocenters. The molecule has 0 saturated heterocycles. The molecular weight excluding hydrogens is 394 g/mol. The topological polar surface area (TPSA) is 74.1 Å². The number of hydrogen-bond acceptors (Lipinski definition) is 3. The number of nitrogens with one attached hydrogen (secondary N) is 2. The number of H-pyrrole nitrogens is 1. The molecule has 0 fully saturated rings. The van der Waals surface area contributed by atoms with E-state index < -0.39 is 0 Å². The monoisotopic (exact) mass is 415 g/mol. The number of hydrogen-bond donors (Lipinski definition) is 2. The molecule has 3 aromatic rings. The highest BCUT2D eigenvalue weighted by molar-refractivity contribution is 9.10. The van der Waals surface area contributed by atoms with Crippen LogP contribution < -0.4 is 5.32 Å². The van der Waals surface area contributed by atoms with Crippen molar-refractivity contribution in [1.82, 2.24) is 30.0 Å². The Bertz CT molecular complexity index is 883. The lowest BCUT2D eigenvalue weighted by atomic mass is 10.1. The number of aliphatic imine (C=N–C) groups is 1. The number of aromatic nitrogens is 4. The number of benzene rings is 1. The van der Waals surface area contributed by atoms with Crippen molar-refractivity contribution in [3.63, 3.8) is 0 Å². The molecule has 0 bridgehead atoms. The normalized spacial score (nSPS) is 11.6. The van der Waals surface area contributed by atoms with Gasteiger partial charge in [0.05, 0.1) is 6.54 Å². The molecule has 0 unspecified atom stereocenters. The average molecular weight is 416 g/mol. The minimum absolute atomic E-state index is 0.676. The molecule has 0 saturated carbocycles. The highest BCUT2D eigenvalue weighted by Crippen LogP contribution is 2.16. The smallest absolute Gasteiger partial charge is 0.194 e. The van der Waals surface area contributed by atoms with Crippen LogP contribution in [0.4, 0.5) is 0 Å². The fourth-order valence-electron chi connectivity index (χ4n) is 2.78. The third-order valence-electron chi connectivity index (χ3n) is 4.11. The zero-order valence-electron chi connectivity index (χ0n) is 15.1. The zero-order chi connectivity index (χ0) is 18.5. The van der Waals surface area contributed by atoms with Crippen LogP contribution in [0.15, 0.2) is 52.3 Å². The van der Waals surface area contributed by atoms with E-state index in [1.54, 1.807) is 7.05 Å². The fourth-order valence-corrected chi connectivity index (χ4v) is 3.35. The maximum atomic E-state index is 4.39. The summed E-state index contributed by atoms with van der Waals surface area (Å²) in [6.45, 7) is 1.44. The maximum Gasteiger partial charge on any atom is 0.194 e. The van der Waals surface area contributed by atoms with Gasteiger partial charge >= 0.3 is 0 Å². The summed E-state index contributed by atoms with van der Waals surface area (Å²) in [6, 6.07) is 10.3. The van der Waals surface area contributed by atoms with Crippen molar-refractivity contribution < 1.29 is 0 Å². The Morgan fingerprint density at radius 2 is 2.23 bits per heavy atom. The number of nitrogens with zero attached hydrogens (tertiary/aromatic N) is 5. The van der Waals surface area contributed by atoms with E-state index in [0.717, 1.165) is 33.9 Å². The molecular formula is C18H22BrN7. The minimum Gasteiger partial charge on any atom is -0.352 e. The molecule has 3 rings (SSSR count). The average Bonchev–Trinajstić information content (AvgIpc) is 3.26. The van der Waals surface area contributed by atoms with E-state index in [9.17, 15) is 0 Å². The van der Waals surface area contributed by atoms with Crippen LogP contribution >= 0.6 is 15.9 Å². The lowest BCUT2D eigenvalue weighted by molar-refractivity contribution is 0.461. The summed E-state index contributed by atoms with van der Waals surface area (Å²) in [6.07, 6.45) is 3.56. The molecule has 2 heterocycles.